The van der Waals surface area contributed by atoms with Crippen LogP contribution in [-0.2, 0) is 6.42 Å². The maximum atomic E-state index is 12.5. The van der Waals surface area contributed by atoms with E-state index in [0.29, 0.717) is 0 Å². The zero-order valence-electron chi connectivity index (χ0n) is 13.4. The van der Waals surface area contributed by atoms with Gasteiger partial charge in [-0.1, -0.05) is 36.4 Å². The van der Waals surface area contributed by atoms with Crippen molar-refractivity contribution in [3.63, 3.8) is 0 Å². The molecule has 1 heterocycles. The van der Waals surface area contributed by atoms with Gasteiger partial charge in [0.2, 0.25) is 0 Å². The maximum absolute atomic E-state index is 12.5. The molecule has 2 aromatic carbocycles. The molecule has 0 fully saturated rings. The number of ether oxygens (including phenoxy) is 1. The number of rotatable bonds is 7. The highest BCUT2D eigenvalue weighted by Crippen LogP contribution is 2.26. The van der Waals surface area contributed by atoms with Gasteiger partial charge < -0.3 is 15.0 Å². The number of halogens is 2. The third kappa shape index (κ3) is 3.74. The molecule has 0 aliphatic carbocycles. The van der Waals surface area contributed by atoms with Gasteiger partial charge in [-0.2, -0.15) is 8.78 Å². The van der Waals surface area contributed by atoms with Gasteiger partial charge in [0.15, 0.2) is 0 Å². The molecular weight excluding hydrogens is 310 g/mol. The lowest BCUT2D eigenvalue weighted by atomic mass is 10.1. The average molecular weight is 330 g/mol. The van der Waals surface area contributed by atoms with Gasteiger partial charge in [-0.3, -0.25) is 0 Å². The van der Waals surface area contributed by atoms with Crippen molar-refractivity contribution in [2.24, 2.45) is 0 Å². The van der Waals surface area contributed by atoms with E-state index in [0.717, 1.165) is 24.0 Å². The summed E-state index contributed by atoms with van der Waals surface area (Å²) in [5, 5.41) is 4.59. The van der Waals surface area contributed by atoms with Crippen LogP contribution in [-0.4, -0.2) is 18.1 Å². The molecule has 3 aromatic rings. The number of hydrogen-bond acceptors (Lipinski definition) is 2. The van der Waals surface area contributed by atoms with Gasteiger partial charge in [-0.15, -0.1) is 0 Å². The summed E-state index contributed by atoms with van der Waals surface area (Å²) in [5.74, 6) is 0.222. The predicted molar refractivity (Wildman–Crippen MR) is 91.5 cm³/mol. The lowest BCUT2D eigenvalue weighted by Gasteiger charge is -2.18. The Kier molecular flexibility index (Phi) is 5.11. The van der Waals surface area contributed by atoms with Crippen molar-refractivity contribution in [1.29, 1.82) is 0 Å². The number of aromatic nitrogens is 1. The second kappa shape index (κ2) is 7.45. The molecule has 3 rings (SSSR count). The number of fused-ring (bicyclic) bond motifs is 1. The number of para-hydroxylation sites is 2. The maximum Gasteiger partial charge on any atom is 0.387 e. The van der Waals surface area contributed by atoms with E-state index >= 15 is 0 Å². The SMILES string of the molecule is CC(NCCc1c[nH]c2ccccc12)c1ccccc1OC(F)F. The first-order chi connectivity index (χ1) is 11.6. The van der Waals surface area contributed by atoms with E-state index in [1.807, 2.05) is 37.4 Å². The Hall–Kier alpha value is -2.40. The molecule has 0 bridgehead atoms. The third-order valence-corrected chi connectivity index (χ3v) is 4.12. The highest BCUT2D eigenvalue weighted by Gasteiger charge is 2.14. The Balaban J connectivity index is 1.63. The molecule has 1 aromatic heterocycles. The minimum absolute atomic E-state index is 0.0786. The highest BCUT2D eigenvalue weighted by molar-refractivity contribution is 5.83. The molecule has 24 heavy (non-hydrogen) atoms. The van der Waals surface area contributed by atoms with E-state index in [1.54, 1.807) is 18.2 Å². The van der Waals surface area contributed by atoms with Crippen molar-refractivity contribution in [3.05, 3.63) is 65.9 Å². The van der Waals surface area contributed by atoms with Crippen molar-refractivity contribution in [3.8, 4) is 5.75 Å². The molecule has 0 radical (unpaired) electrons. The van der Waals surface area contributed by atoms with Crippen molar-refractivity contribution in [2.75, 3.05) is 6.54 Å². The van der Waals surface area contributed by atoms with E-state index in [2.05, 4.69) is 21.1 Å². The summed E-state index contributed by atoms with van der Waals surface area (Å²) in [6.45, 7) is -0.126. The van der Waals surface area contributed by atoms with Crippen LogP contribution in [0.15, 0.2) is 54.7 Å². The fourth-order valence-electron chi connectivity index (χ4n) is 2.91. The molecule has 0 saturated heterocycles. The largest absolute Gasteiger partial charge is 0.434 e. The zero-order valence-corrected chi connectivity index (χ0v) is 13.4. The van der Waals surface area contributed by atoms with Crippen LogP contribution in [0.2, 0.25) is 0 Å². The van der Waals surface area contributed by atoms with Gasteiger partial charge in [0.25, 0.3) is 0 Å². The summed E-state index contributed by atoms with van der Waals surface area (Å²) in [4.78, 5) is 3.26. The minimum atomic E-state index is -2.82. The molecule has 0 aliphatic heterocycles. The van der Waals surface area contributed by atoms with Gasteiger partial charge in [0.1, 0.15) is 5.75 Å². The molecule has 0 amide bonds. The van der Waals surface area contributed by atoms with Crippen LogP contribution in [0.1, 0.15) is 24.1 Å². The fraction of sp³-hybridized carbons (Fsp3) is 0.263. The second-order valence-corrected chi connectivity index (χ2v) is 5.70. The van der Waals surface area contributed by atoms with Crippen LogP contribution < -0.4 is 10.1 Å². The van der Waals surface area contributed by atoms with E-state index in [4.69, 9.17) is 0 Å². The molecule has 5 heteroatoms. The molecule has 0 aliphatic rings. The molecule has 1 unspecified atom stereocenters. The molecule has 126 valence electrons. The lowest BCUT2D eigenvalue weighted by molar-refractivity contribution is -0.0506. The van der Waals surface area contributed by atoms with Crippen LogP contribution in [0.3, 0.4) is 0 Å². The Morgan fingerprint density at radius 1 is 1.08 bits per heavy atom. The molecule has 0 spiro atoms. The van der Waals surface area contributed by atoms with Crippen LogP contribution in [0.5, 0.6) is 5.75 Å². The number of hydrogen-bond donors (Lipinski definition) is 2. The van der Waals surface area contributed by atoms with Crippen LogP contribution >= 0.6 is 0 Å². The quantitative estimate of drug-likeness (QED) is 0.661. The smallest absolute Gasteiger partial charge is 0.387 e. The third-order valence-electron chi connectivity index (χ3n) is 4.12. The lowest BCUT2D eigenvalue weighted by Crippen LogP contribution is -2.22. The zero-order chi connectivity index (χ0) is 16.9. The van der Waals surface area contributed by atoms with E-state index in [-0.39, 0.29) is 11.8 Å². The molecular formula is C19H20F2N2O. The van der Waals surface area contributed by atoms with Crippen LogP contribution in [0.4, 0.5) is 8.78 Å². The molecule has 2 N–H and O–H groups in total. The fourth-order valence-corrected chi connectivity index (χ4v) is 2.91. The number of nitrogens with one attached hydrogen (secondary N) is 2. The Morgan fingerprint density at radius 3 is 2.67 bits per heavy atom. The summed E-state index contributed by atoms with van der Waals surface area (Å²) in [6.07, 6.45) is 2.87. The predicted octanol–water partition coefficient (Wildman–Crippen LogP) is 4.66. The normalized spacial score (nSPS) is 12.7. The first kappa shape index (κ1) is 16.5. The standard InChI is InChI=1S/C19H20F2N2O/c1-13(15-6-3-5-9-18(15)24-19(20)21)22-11-10-14-12-23-17-8-4-2-7-16(14)17/h2-9,12-13,19,22-23H,10-11H2,1H3. The Labute approximate surface area is 139 Å². The summed E-state index contributed by atoms with van der Waals surface area (Å²) >= 11 is 0. The van der Waals surface area contributed by atoms with Crippen molar-refractivity contribution >= 4 is 10.9 Å². The average Bonchev–Trinajstić information content (AvgIpc) is 2.98. The van der Waals surface area contributed by atoms with Gasteiger partial charge in [-0.25, -0.2) is 0 Å². The Bertz CT molecular complexity index is 801. The minimum Gasteiger partial charge on any atom is -0.434 e. The summed E-state index contributed by atoms with van der Waals surface area (Å²) < 4.78 is 29.6. The van der Waals surface area contributed by atoms with Crippen molar-refractivity contribution in [2.45, 2.75) is 26.0 Å². The second-order valence-electron chi connectivity index (χ2n) is 5.70. The van der Waals surface area contributed by atoms with Gasteiger partial charge in [0, 0.05) is 28.7 Å². The first-order valence-corrected chi connectivity index (χ1v) is 7.97. The Morgan fingerprint density at radius 2 is 1.83 bits per heavy atom. The number of benzene rings is 2. The monoisotopic (exact) mass is 330 g/mol. The van der Waals surface area contributed by atoms with Crippen LogP contribution in [0.25, 0.3) is 10.9 Å². The van der Waals surface area contributed by atoms with E-state index < -0.39 is 6.61 Å². The van der Waals surface area contributed by atoms with E-state index in [1.165, 1.54) is 10.9 Å². The molecule has 0 saturated carbocycles. The van der Waals surface area contributed by atoms with E-state index in [9.17, 15) is 8.78 Å². The van der Waals surface area contributed by atoms with Gasteiger partial charge in [0.05, 0.1) is 0 Å². The summed E-state index contributed by atoms with van der Waals surface area (Å²) in [5.41, 5.74) is 3.09. The first-order valence-electron chi connectivity index (χ1n) is 7.97. The van der Waals surface area contributed by atoms with Crippen molar-refractivity contribution in [1.82, 2.24) is 10.3 Å². The summed E-state index contributed by atoms with van der Waals surface area (Å²) in [6, 6.07) is 15.0. The number of aromatic amines is 1. The van der Waals surface area contributed by atoms with Crippen LogP contribution in [0, 0.1) is 0 Å². The highest BCUT2D eigenvalue weighted by atomic mass is 19.3. The number of H-pyrrole nitrogens is 1. The molecule has 3 nitrogen and oxygen atoms in total. The van der Waals surface area contributed by atoms with Gasteiger partial charge in [-0.05, 0) is 37.6 Å². The number of alkyl halides is 2. The topological polar surface area (TPSA) is 37.0 Å². The molecule has 1 atom stereocenters. The van der Waals surface area contributed by atoms with Gasteiger partial charge >= 0.3 is 6.61 Å². The summed E-state index contributed by atoms with van der Waals surface area (Å²) in [7, 11) is 0. The van der Waals surface area contributed by atoms with Crippen molar-refractivity contribution < 1.29 is 13.5 Å².